The minimum Gasteiger partial charge on any atom is -0.366 e. The van der Waals surface area contributed by atoms with Crippen molar-refractivity contribution in [1.29, 1.82) is 0 Å². The molecule has 0 aliphatic carbocycles. The van der Waals surface area contributed by atoms with E-state index < -0.39 is 4.92 Å². The van der Waals surface area contributed by atoms with Gasteiger partial charge in [-0.05, 0) is 31.0 Å². The zero-order valence-electron chi connectivity index (χ0n) is 13.7. The smallest absolute Gasteiger partial charge is 0.270 e. The van der Waals surface area contributed by atoms with Crippen LogP contribution in [0.4, 0.5) is 11.4 Å². The number of nitrogens with zero attached hydrogens (tertiary/aromatic N) is 2. The number of fused-ring (bicyclic) bond motifs is 1. The van der Waals surface area contributed by atoms with Gasteiger partial charge in [-0.2, -0.15) is 0 Å². The molecule has 1 aliphatic heterocycles. The number of carbonyl (C=O) groups excluding carboxylic acids is 1. The second kappa shape index (κ2) is 7.11. The standard InChI is InChI=1S/C18H18ClN3O3/c1-12(21-9-8-13-4-2-3-5-17(13)21)11-20-18(23)15-7-6-14(22(24)25)10-16(15)19/h2-7,10,12H,8-9,11H2,1H3,(H,20,23)/t12-/m0/s1. The summed E-state index contributed by atoms with van der Waals surface area (Å²) in [6.45, 7) is 3.44. The Morgan fingerprint density at radius 3 is 2.84 bits per heavy atom. The minimum absolute atomic E-state index is 0.0749. The molecule has 130 valence electrons. The molecule has 25 heavy (non-hydrogen) atoms. The summed E-state index contributed by atoms with van der Waals surface area (Å²) in [5.74, 6) is -0.334. The number of amides is 1. The van der Waals surface area contributed by atoms with Gasteiger partial charge in [-0.3, -0.25) is 14.9 Å². The fourth-order valence-electron chi connectivity index (χ4n) is 3.07. The first kappa shape index (κ1) is 17.2. The lowest BCUT2D eigenvalue weighted by Crippen LogP contribution is -2.41. The summed E-state index contributed by atoms with van der Waals surface area (Å²) in [6.07, 6.45) is 1.00. The third-order valence-electron chi connectivity index (χ3n) is 4.42. The van der Waals surface area contributed by atoms with E-state index in [2.05, 4.69) is 29.3 Å². The molecule has 0 spiro atoms. The van der Waals surface area contributed by atoms with Gasteiger partial charge in [0.1, 0.15) is 0 Å². The van der Waals surface area contributed by atoms with Crippen LogP contribution in [0.1, 0.15) is 22.8 Å². The average Bonchev–Trinajstić information content (AvgIpc) is 3.03. The summed E-state index contributed by atoms with van der Waals surface area (Å²) in [6, 6.07) is 12.2. The highest BCUT2D eigenvalue weighted by atomic mass is 35.5. The van der Waals surface area contributed by atoms with Gasteiger partial charge < -0.3 is 10.2 Å². The quantitative estimate of drug-likeness (QED) is 0.655. The maximum absolute atomic E-state index is 12.3. The lowest BCUT2D eigenvalue weighted by Gasteiger charge is -2.27. The van der Waals surface area contributed by atoms with E-state index in [1.54, 1.807) is 0 Å². The van der Waals surface area contributed by atoms with Gasteiger partial charge in [-0.1, -0.05) is 29.8 Å². The summed E-state index contributed by atoms with van der Waals surface area (Å²) >= 11 is 6.00. The summed E-state index contributed by atoms with van der Waals surface area (Å²) in [5, 5.41) is 13.7. The number of nitro groups is 1. The van der Waals surface area contributed by atoms with Gasteiger partial charge >= 0.3 is 0 Å². The highest BCUT2D eigenvalue weighted by Crippen LogP contribution is 2.29. The van der Waals surface area contributed by atoms with Gasteiger partial charge in [0.2, 0.25) is 0 Å². The SMILES string of the molecule is C[C@@H](CNC(=O)c1ccc([N+](=O)[O-])cc1Cl)N1CCc2ccccc21. The molecule has 0 saturated carbocycles. The third kappa shape index (κ3) is 3.58. The van der Waals surface area contributed by atoms with Gasteiger partial charge in [0, 0.05) is 37.0 Å². The molecule has 1 heterocycles. The van der Waals surface area contributed by atoms with E-state index in [1.807, 2.05) is 12.1 Å². The van der Waals surface area contributed by atoms with Crippen LogP contribution in [0.2, 0.25) is 5.02 Å². The number of non-ortho nitro benzene ring substituents is 1. The van der Waals surface area contributed by atoms with Crippen LogP contribution in [0.25, 0.3) is 0 Å². The Bertz CT molecular complexity index is 825. The largest absolute Gasteiger partial charge is 0.366 e. The van der Waals surface area contributed by atoms with Gasteiger partial charge in [0.25, 0.3) is 11.6 Å². The number of nitro benzene ring substituents is 1. The second-order valence-corrected chi connectivity index (χ2v) is 6.46. The van der Waals surface area contributed by atoms with Crippen molar-refractivity contribution in [2.24, 2.45) is 0 Å². The van der Waals surface area contributed by atoms with Crippen LogP contribution in [0, 0.1) is 10.1 Å². The Hall–Kier alpha value is -2.60. The first-order valence-corrected chi connectivity index (χ1v) is 8.42. The summed E-state index contributed by atoms with van der Waals surface area (Å²) in [7, 11) is 0. The van der Waals surface area contributed by atoms with Crippen molar-refractivity contribution in [2.75, 3.05) is 18.0 Å². The molecule has 1 atom stereocenters. The van der Waals surface area contributed by atoms with Crippen molar-refractivity contribution in [3.8, 4) is 0 Å². The van der Waals surface area contributed by atoms with Crippen LogP contribution in [0.15, 0.2) is 42.5 Å². The second-order valence-electron chi connectivity index (χ2n) is 6.05. The van der Waals surface area contributed by atoms with Crippen LogP contribution in [-0.4, -0.2) is 30.0 Å². The molecule has 0 aromatic heterocycles. The number of nitrogens with one attached hydrogen (secondary N) is 1. The normalized spacial score (nSPS) is 14.1. The number of anilines is 1. The molecule has 7 heteroatoms. The van der Waals surface area contributed by atoms with Crippen molar-refractivity contribution >= 4 is 28.9 Å². The van der Waals surface area contributed by atoms with Crippen LogP contribution >= 0.6 is 11.6 Å². The Morgan fingerprint density at radius 1 is 1.36 bits per heavy atom. The molecule has 2 aromatic carbocycles. The lowest BCUT2D eigenvalue weighted by atomic mass is 10.1. The van der Waals surface area contributed by atoms with E-state index in [9.17, 15) is 14.9 Å². The highest BCUT2D eigenvalue weighted by molar-refractivity contribution is 6.34. The fourth-order valence-corrected chi connectivity index (χ4v) is 3.33. The molecule has 0 radical (unpaired) electrons. The number of hydrogen-bond acceptors (Lipinski definition) is 4. The van der Waals surface area contributed by atoms with Crippen molar-refractivity contribution in [3.05, 3.63) is 68.7 Å². The van der Waals surface area contributed by atoms with Gasteiger partial charge in [0.05, 0.1) is 15.5 Å². The molecular weight excluding hydrogens is 342 g/mol. The lowest BCUT2D eigenvalue weighted by molar-refractivity contribution is -0.384. The third-order valence-corrected chi connectivity index (χ3v) is 4.73. The molecular formula is C18H18ClN3O3. The first-order valence-electron chi connectivity index (χ1n) is 8.04. The van der Waals surface area contributed by atoms with Crippen LogP contribution in [0.3, 0.4) is 0 Å². The zero-order chi connectivity index (χ0) is 18.0. The minimum atomic E-state index is -0.541. The number of benzene rings is 2. The molecule has 0 fully saturated rings. The molecule has 1 N–H and O–H groups in total. The molecule has 0 bridgehead atoms. The van der Waals surface area contributed by atoms with E-state index in [0.717, 1.165) is 13.0 Å². The number of halogens is 1. The first-order chi connectivity index (χ1) is 12.0. The monoisotopic (exact) mass is 359 g/mol. The number of hydrogen-bond donors (Lipinski definition) is 1. The number of carbonyl (C=O) groups is 1. The van der Waals surface area contributed by atoms with Gasteiger partial charge in [0.15, 0.2) is 0 Å². The maximum atomic E-state index is 12.3. The van der Waals surface area contributed by atoms with Gasteiger partial charge in [-0.25, -0.2) is 0 Å². The Balaban J connectivity index is 1.64. The molecule has 0 unspecified atom stereocenters. The van der Waals surface area contributed by atoms with Crippen molar-refractivity contribution in [1.82, 2.24) is 5.32 Å². The molecule has 1 amide bonds. The predicted octanol–water partition coefficient (Wildman–Crippen LogP) is 3.43. The van der Waals surface area contributed by atoms with E-state index in [4.69, 9.17) is 11.6 Å². The molecule has 3 rings (SSSR count). The van der Waals surface area contributed by atoms with E-state index >= 15 is 0 Å². The van der Waals surface area contributed by atoms with Gasteiger partial charge in [-0.15, -0.1) is 0 Å². The van der Waals surface area contributed by atoms with Crippen molar-refractivity contribution < 1.29 is 9.72 Å². The summed E-state index contributed by atoms with van der Waals surface area (Å²) < 4.78 is 0. The average molecular weight is 360 g/mol. The Labute approximate surface area is 150 Å². The summed E-state index contributed by atoms with van der Waals surface area (Å²) in [5.41, 5.74) is 2.63. The summed E-state index contributed by atoms with van der Waals surface area (Å²) in [4.78, 5) is 24.8. The molecule has 2 aromatic rings. The molecule has 1 aliphatic rings. The number of rotatable bonds is 5. The fraction of sp³-hybridized carbons (Fsp3) is 0.278. The highest BCUT2D eigenvalue weighted by Gasteiger charge is 2.23. The van der Waals surface area contributed by atoms with Crippen molar-refractivity contribution in [3.63, 3.8) is 0 Å². The topological polar surface area (TPSA) is 75.5 Å². The van der Waals surface area contributed by atoms with E-state index in [0.29, 0.717) is 6.54 Å². The van der Waals surface area contributed by atoms with Crippen molar-refractivity contribution in [2.45, 2.75) is 19.4 Å². The number of para-hydroxylation sites is 1. The van der Waals surface area contributed by atoms with E-state index in [-0.39, 0.29) is 28.2 Å². The zero-order valence-corrected chi connectivity index (χ0v) is 14.5. The van der Waals surface area contributed by atoms with Crippen LogP contribution in [-0.2, 0) is 6.42 Å². The molecule has 6 nitrogen and oxygen atoms in total. The predicted molar refractivity (Wildman–Crippen MR) is 97.4 cm³/mol. The Kier molecular flexibility index (Phi) is 4.90. The van der Waals surface area contributed by atoms with Crippen LogP contribution in [0.5, 0.6) is 0 Å². The van der Waals surface area contributed by atoms with Crippen LogP contribution < -0.4 is 10.2 Å². The Morgan fingerprint density at radius 2 is 2.12 bits per heavy atom. The van der Waals surface area contributed by atoms with E-state index in [1.165, 1.54) is 29.4 Å². The molecule has 0 saturated heterocycles. The maximum Gasteiger partial charge on any atom is 0.270 e.